The van der Waals surface area contributed by atoms with Crippen LogP contribution in [-0.4, -0.2) is 122 Å². The number of terminal acetylenes is 1. The summed E-state index contributed by atoms with van der Waals surface area (Å²) >= 11 is 0. The van der Waals surface area contributed by atoms with Crippen LogP contribution in [0.5, 0.6) is 5.75 Å². The van der Waals surface area contributed by atoms with Crippen LogP contribution >= 0.6 is 0 Å². The summed E-state index contributed by atoms with van der Waals surface area (Å²) in [7, 11) is 0. The fourth-order valence-electron chi connectivity index (χ4n) is 8.58. The number of ketones is 1. The second kappa shape index (κ2) is 25.8. The highest BCUT2D eigenvalue weighted by molar-refractivity contribution is 5.99. The molecule has 2 heterocycles. The molecule has 2 aliphatic rings. The van der Waals surface area contributed by atoms with Crippen molar-refractivity contribution in [3.05, 3.63) is 101 Å². The maximum Gasteiger partial charge on any atom is 0.316 e. The minimum Gasteiger partial charge on any atom is -0.425 e. The van der Waals surface area contributed by atoms with Crippen LogP contribution < -0.4 is 31.3 Å². The van der Waals surface area contributed by atoms with E-state index in [9.17, 15) is 33.6 Å². The normalized spacial score (nSPS) is 17.8. The van der Waals surface area contributed by atoms with Crippen molar-refractivity contribution in [3.8, 4) is 18.1 Å². The summed E-state index contributed by atoms with van der Waals surface area (Å²) in [5.74, 6) is -0.911. The highest BCUT2D eigenvalue weighted by Crippen LogP contribution is 2.30. The summed E-state index contributed by atoms with van der Waals surface area (Å²) in [5.41, 5.74) is 0.721. The van der Waals surface area contributed by atoms with Crippen LogP contribution in [0.2, 0.25) is 0 Å². The second-order valence-electron chi connectivity index (χ2n) is 21.2. The molecule has 3 aromatic rings. The number of hydrogen-bond donors (Lipinski definition) is 5. The van der Waals surface area contributed by atoms with Crippen molar-refractivity contribution in [2.24, 2.45) is 17.3 Å². The molecule has 0 aliphatic carbocycles. The summed E-state index contributed by atoms with van der Waals surface area (Å²) in [5, 5.41) is 14.5. The zero-order valence-corrected chi connectivity index (χ0v) is 43.3. The van der Waals surface area contributed by atoms with E-state index in [4.69, 9.17) is 20.6 Å². The van der Waals surface area contributed by atoms with Gasteiger partial charge in [0.1, 0.15) is 49.1 Å². The first-order valence-electron chi connectivity index (χ1n) is 25.1. The molecule has 2 fully saturated rings. The fourth-order valence-corrected chi connectivity index (χ4v) is 8.58. The van der Waals surface area contributed by atoms with E-state index in [1.807, 2.05) is 88.4 Å². The van der Waals surface area contributed by atoms with E-state index in [0.29, 0.717) is 51.3 Å². The standard InChI is InChI=1S/C56H74N6O10/c1-10-25-57-50(65)42-32-41(22-24-47(42)72-54(69)55(6,7)8)34-62(26-28-70-29-27-62)35-48(63)58-43(23-21-39-17-13-11-14-18-39)51(66)60-45(31-38(4)5)52(67)61-46(33-40-19-15-12-16-20-40)53(68)59-44(30-37(2)3)49(64)56(9)36-71-56/h1,11-20,22,24,32,37-38,43-46H,21,23,25-31,33-36H2,2-9H3,(H4-,57,58,59,60,61,63,65,66,67,68)/p+1/t43?,44?,45?,46?,56-/m1/s1. The third kappa shape index (κ3) is 17.1. The van der Waals surface area contributed by atoms with Crippen molar-refractivity contribution in [1.29, 1.82) is 0 Å². The Hall–Kier alpha value is -6.41. The van der Waals surface area contributed by atoms with Gasteiger partial charge in [-0.05, 0) is 94.5 Å². The number of carbonyl (C=O) groups is 7. The third-order valence-electron chi connectivity index (χ3n) is 12.8. The van der Waals surface area contributed by atoms with Crippen LogP contribution in [0.3, 0.4) is 0 Å². The molecule has 4 unspecified atom stereocenters. The number of aryl methyl sites for hydroxylation is 1. The second-order valence-corrected chi connectivity index (χ2v) is 21.2. The van der Waals surface area contributed by atoms with Gasteiger partial charge in [0, 0.05) is 12.0 Å². The van der Waals surface area contributed by atoms with Gasteiger partial charge in [-0.25, -0.2) is 0 Å². The van der Waals surface area contributed by atoms with Gasteiger partial charge in [-0.2, -0.15) is 0 Å². The zero-order valence-electron chi connectivity index (χ0n) is 43.3. The van der Waals surface area contributed by atoms with Gasteiger partial charge in [0.15, 0.2) is 12.3 Å². The molecule has 16 heteroatoms. The van der Waals surface area contributed by atoms with E-state index in [1.165, 1.54) is 0 Å². The Labute approximate surface area is 425 Å². The monoisotopic (exact) mass is 992 g/mol. The fraction of sp³-hybridized carbons (Fsp3) is 0.518. The lowest BCUT2D eigenvalue weighted by atomic mass is 9.93. The smallest absolute Gasteiger partial charge is 0.316 e. The molecule has 5 N–H and O–H groups in total. The molecule has 5 atom stereocenters. The number of benzene rings is 3. The number of esters is 1. The van der Waals surface area contributed by atoms with Gasteiger partial charge in [-0.3, -0.25) is 33.6 Å². The Kier molecular flexibility index (Phi) is 20.3. The van der Waals surface area contributed by atoms with Crippen LogP contribution in [0.4, 0.5) is 0 Å². The number of nitrogens with zero attached hydrogens (tertiary/aromatic N) is 1. The molecule has 5 amide bonds. The number of amides is 5. The molecule has 5 rings (SSSR count). The zero-order chi connectivity index (χ0) is 52.6. The lowest BCUT2D eigenvalue weighted by Crippen LogP contribution is -2.61. The van der Waals surface area contributed by atoms with E-state index >= 15 is 0 Å². The van der Waals surface area contributed by atoms with Crippen molar-refractivity contribution in [2.45, 2.75) is 124 Å². The highest BCUT2D eigenvalue weighted by atomic mass is 16.6. The molecule has 388 valence electrons. The van der Waals surface area contributed by atoms with Crippen molar-refractivity contribution in [1.82, 2.24) is 26.6 Å². The molecule has 3 aromatic carbocycles. The molecule has 0 bridgehead atoms. The van der Waals surface area contributed by atoms with Crippen molar-refractivity contribution >= 4 is 41.3 Å². The molecular formula is C56H75N6O10+. The van der Waals surface area contributed by atoms with Gasteiger partial charge in [-0.15, -0.1) is 6.42 Å². The van der Waals surface area contributed by atoms with Gasteiger partial charge in [0.05, 0.1) is 43.4 Å². The SMILES string of the molecule is C#CCNC(=O)c1cc(C[N+]2(CC(=O)NC(CCc3ccccc3)C(=O)NC(CC(C)C)C(=O)NC(Cc3ccccc3)C(=O)NC(CC(C)C)C(=O)[C@@]3(C)CO3)CCOCC2)ccc1OC(=O)C(C)(C)C. The number of carbonyl (C=O) groups excluding carboxylic acids is 7. The van der Waals surface area contributed by atoms with Crippen LogP contribution in [0.25, 0.3) is 0 Å². The molecule has 0 saturated carbocycles. The summed E-state index contributed by atoms with van der Waals surface area (Å²) in [6.45, 7) is 16.7. The highest BCUT2D eigenvalue weighted by Gasteiger charge is 2.50. The van der Waals surface area contributed by atoms with Crippen LogP contribution in [0.15, 0.2) is 78.9 Å². The molecule has 16 nitrogen and oxygen atoms in total. The van der Waals surface area contributed by atoms with Gasteiger partial charge < -0.3 is 45.3 Å². The lowest BCUT2D eigenvalue weighted by molar-refractivity contribution is -0.940. The molecule has 2 saturated heterocycles. The van der Waals surface area contributed by atoms with Gasteiger partial charge in [0.2, 0.25) is 17.7 Å². The largest absolute Gasteiger partial charge is 0.425 e. The molecule has 72 heavy (non-hydrogen) atoms. The Balaban J connectivity index is 1.38. The van der Waals surface area contributed by atoms with Crippen LogP contribution in [-0.2, 0) is 57.6 Å². The van der Waals surface area contributed by atoms with Gasteiger partial charge in [-0.1, -0.05) is 94.3 Å². The minimum absolute atomic E-state index is 0.0424. The Morgan fingerprint density at radius 2 is 1.29 bits per heavy atom. The lowest BCUT2D eigenvalue weighted by Gasteiger charge is -2.41. The Morgan fingerprint density at radius 1 is 0.736 bits per heavy atom. The predicted octanol–water partition coefficient (Wildman–Crippen LogP) is 4.61. The molecule has 2 aliphatic heterocycles. The molecular weight excluding hydrogens is 917 g/mol. The summed E-state index contributed by atoms with van der Waals surface area (Å²) in [6, 6.07) is 19.6. The number of morpholine rings is 1. The number of epoxide rings is 1. The summed E-state index contributed by atoms with van der Waals surface area (Å²) in [6.07, 6.45) is 6.79. The topological polar surface area (TPSA) is 211 Å². The quantitative estimate of drug-likeness (QED) is 0.0262. The van der Waals surface area contributed by atoms with Crippen LogP contribution in [0, 0.1) is 29.6 Å². The van der Waals surface area contributed by atoms with E-state index in [0.717, 1.165) is 11.1 Å². The summed E-state index contributed by atoms with van der Waals surface area (Å²) in [4.78, 5) is 97.5. The predicted molar refractivity (Wildman–Crippen MR) is 273 cm³/mol. The number of ether oxygens (including phenoxy) is 3. The molecule has 0 aromatic heterocycles. The Morgan fingerprint density at radius 3 is 1.88 bits per heavy atom. The van der Waals surface area contributed by atoms with Crippen molar-refractivity contribution < 1.29 is 52.3 Å². The summed E-state index contributed by atoms with van der Waals surface area (Å²) < 4.78 is 17.1. The average molecular weight is 992 g/mol. The molecule has 0 spiro atoms. The number of hydrogen-bond acceptors (Lipinski definition) is 10. The third-order valence-corrected chi connectivity index (χ3v) is 12.8. The maximum atomic E-state index is 14.6. The number of rotatable bonds is 25. The van der Waals surface area contributed by atoms with Crippen molar-refractivity contribution in [2.75, 3.05) is 46.0 Å². The number of nitrogens with one attached hydrogen (secondary N) is 5. The molecule has 0 radical (unpaired) electrons. The van der Waals surface area contributed by atoms with Gasteiger partial charge >= 0.3 is 5.97 Å². The first-order chi connectivity index (χ1) is 34.1. The van der Waals surface area contributed by atoms with Gasteiger partial charge in [0.25, 0.3) is 11.8 Å². The van der Waals surface area contributed by atoms with E-state index in [2.05, 4.69) is 32.5 Å². The maximum absolute atomic E-state index is 14.6. The van der Waals surface area contributed by atoms with E-state index in [1.54, 1.807) is 45.9 Å². The first-order valence-corrected chi connectivity index (χ1v) is 25.1. The van der Waals surface area contributed by atoms with E-state index in [-0.39, 0.29) is 72.4 Å². The Bertz CT molecular complexity index is 2400. The van der Waals surface area contributed by atoms with E-state index < -0.39 is 70.7 Å². The first kappa shape index (κ1) is 56.5. The minimum atomic E-state index is -1.10. The number of Topliss-reactive ketones (excluding diaryl/α,β-unsaturated/α-hetero) is 1. The van der Waals surface area contributed by atoms with Crippen LogP contribution in [0.1, 0.15) is 102 Å². The average Bonchev–Trinajstić information content (AvgIpc) is 4.09. The van der Waals surface area contributed by atoms with Crippen molar-refractivity contribution in [3.63, 3.8) is 0 Å². The number of quaternary nitrogens is 1.